The average molecular weight is 302 g/mol. The highest BCUT2D eigenvalue weighted by Gasteiger charge is 2.53. The van der Waals surface area contributed by atoms with Crippen LogP contribution in [0.1, 0.15) is 40.5 Å². The van der Waals surface area contributed by atoms with Crippen molar-refractivity contribution in [1.29, 1.82) is 0 Å². The molecule has 2 aliphatic rings. The highest BCUT2D eigenvalue weighted by atomic mass is 28.4. The van der Waals surface area contributed by atoms with E-state index in [1.165, 1.54) is 0 Å². The molecule has 0 aromatic rings. The van der Waals surface area contributed by atoms with Crippen molar-refractivity contribution in [2.75, 3.05) is 13.2 Å². The first-order valence-corrected chi connectivity index (χ1v) is 10.6. The fraction of sp³-hybridized carbons (Fsp3) is 1.00. The van der Waals surface area contributed by atoms with E-state index in [-0.39, 0.29) is 35.6 Å². The van der Waals surface area contributed by atoms with E-state index in [1.54, 1.807) is 0 Å². The molecule has 0 unspecified atom stereocenters. The Balaban J connectivity index is 2.12. The van der Waals surface area contributed by atoms with Gasteiger partial charge >= 0.3 is 0 Å². The van der Waals surface area contributed by atoms with Gasteiger partial charge in [-0.25, -0.2) is 0 Å². The van der Waals surface area contributed by atoms with Gasteiger partial charge in [0, 0.05) is 12.0 Å². The molecule has 2 saturated heterocycles. The van der Waals surface area contributed by atoms with Gasteiger partial charge in [0.2, 0.25) is 0 Å². The molecule has 20 heavy (non-hydrogen) atoms. The predicted molar refractivity (Wildman–Crippen MR) is 81.1 cm³/mol. The number of rotatable bonds is 4. The molecule has 0 saturated carbocycles. The largest absolute Gasteiger partial charge is 0.409 e. The van der Waals surface area contributed by atoms with E-state index >= 15 is 0 Å². The van der Waals surface area contributed by atoms with Gasteiger partial charge in [-0.3, -0.25) is 0 Å². The van der Waals surface area contributed by atoms with E-state index in [4.69, 9.17) is 13.9 Å². The molecule has 0 spiro atoms. The summed E-state index contributed by atoms with van der Waals surface area (Å²) in [6.07, 6.45) is 1.52. The summed E-state index contributed by atoms with van der Waals surface area (Å²) in [5.41, 5.74) is -0.0468. The summed E-state index contributed by atoms with van der Waals surface area (Å²) >= 11 is 0. The Hall–Kier alpha value is 0.0569. The van der Waals surface area contributed by atoms with Crippen LogP contribution >= 0.6 is 0 Å². The lowest BCUT2D eigenvalue weighted by molar-refractivity contribution is -0.185. The van der Waals surface area contributed by atoms with Crippen molar-refractivity contribution >= 4 is 8.32 Å². The Morgan fingerprint density at radius 2 is 2.00 bits per heavy atom. The summed E-state index contributed by atoms with van der Waals surface area (Å²) in [6.45, 7) is 14.2. The second kappa shape index (κ2) is 5.36. The van der Waals surface area contributed by atoms with E-state index in [0.29, 0.717) is 6.61 Å². The molecule has 4 nitrogen and oxygen atoms in total. The first-order valence-electron chi connectivity index (χ1n) is 7.65. The molecular weight excluding hydrogens is 272 g/mol. The van der Waals surface area contributed by atoms with Crippen molar-refractivity contribution in [3.63, 3.8) is 0 Å². The zero-order valence-electron chi connectivity index (χ0n) is 13.7. The number of hydrogen-bond donors (Lipinski definition) is 1. The summed E-state index contributed by atoms with van der Waals surface area (Å²) in [7, 11) is -1.84. The molecule has 0 radical (unpaired) electrons. The van der Waals surface area contributed by atoms with Gasteiger partial charge in [0.25, 0.3) is 0 Å². The lowest BCUT2D eigenvalue weighted by Crippen LogP contribution is -2.52. The Kier molecular flexibility index (Phi) is 4.40. The first-order chi connectivity index (χ1) is 9.09. The minimum absolute atomic E-state index is 0.00816. The van der Waals surface area contributed by atoms with Gasteiger partial charge in [-0.15, -0.1) is 0 Å². The molecule has 0 aromatic heterocycles. The number of ether oxygens (including phenoxy) is 2. The van der Waals surface area contributed by atoms with Crippen molar-refractivity contribution in [2.24, 2.45) is 5.41 Å². The fourth-order valence-corrected chi connectivity index (χ4v) is 4.15. The van der Waals surface area contributed by atoms with E-state index in [2.05, 4.69) is 40.8 Å². The fourth-order valence-electron chi connectivity index (χ4n) is 2.84. The van der Waals surface area contributed by atoms with Gasteiger partial charge in [-0.05, 0) is 31.0 Å². The molecule has 1 N–H and O–H groups in total. The molecule has 4 atom stereocenters. The van der Waals surface area contributed by atoms with Crippen LogP contribution in [0.2, 0.25) is 18.1 Å². The van der Waals surface area contributed by atoms with Gasteiger partial charge in [-0.2, -0.15) is 0 Å². The van der Waals surface area contributed by atoms with Crippen LogP contribution < -0.4 is 0 Å². The Morgan fingerprint density at radius 3 is 2.55 bits per heavy atom. The second-order valence-corrected chi connectivity index (χ2v) is 12.8. The highest BCUT2D eigenvalue weighted by Crippen LogP contribution is 2.47. The van der Waals surface area contributed by atoms with Crippen molar-refractivity contribution in [3.8, 4) is 0 Å². The van der Waals surface area contributed by atoms with Crippen LogP contribution in [0.3, 0.4) is 0 Å². The van der Waals surface area contributed by atoms with Gasteiger partial charge in [0.15, 0.2) is 14.6 Å². The van der Waals surface area contributed by atoms with Crippen LogP contribution in [0, 0.1) is 5.41 Å². The zero-order valence-corrected chi connectivity index (χ0v) is 14.7. The summed E-state index contributed by atoms with van der Waals surface area (Å²) < 4.78 is 18.3. The number of fused-ring (bicyclic) bond motifs is 2. The normalized spacial score (nSPS) is 38.2. The summed E-state index contributed by atoms with van der Waals surface area (Å²) in [5, 5.41) is 9.51. The lowest BCUT2D eigenvalue weighted by atomic mass is 9.75. The van der Waals surface area contributed by atoms with Crippen LogP contribution in [-0.4, -0.2) is 45.1 Å². The van der Waals surface area contributed by atoms with E-state index < -0.39 is 8.32 Å². The summed E-state index contributed by atoms with van der Waals surface area (Å²) in [5.74, 6) is 0. The van der Waals surface area contributed by atoms with Crippen molar-refractivity contribution in [3.05, 3.63) is 0 Å². The van der Waals surface area contributed by atoms with Gasteiger partial charge < -0.3 is 19.0 Å². The third kappa shape index (κ3) is 2.97. The van der Waals surface area contributed by atoms with Gasteiger partial charge in [0.1, 0.15) is 0 Å². The van der Waals surface area contributed by atoms with E-state index in [9.17, 15) is 5.11 Å². The molecule has 2 rings (SSSR count). The second-order valence-electron chi connectivity index (χ2n) is 8.07. The molecule has 118 valence electrons. The van der Waals surface area contributed by atoms with E-state index in [0.717, 1.165) is 12.8 Å². The SMILES string of the molecule is CC(C)(C)[Si](C)(C)O[C@H]1C[C@](C)(CCO)[C@H]2CO[C@@H]1O2. The maximum Gasteiger partial charge on any atom is 0.192 e. The standard InChI is InChI=1S/C15H30O4Si/c1-14(2,3)20(5,6)19-11-9-15(4,7-8-16)12-10-17-13(11)18-12/h11-13,16H,7-10H2,1-6H3/t11-,12+,13+,15-/m0/s1. The van der Waals surface area contributed by atoms with Gasteiger partial charge in [0.05, 0.1) is 18.8 Å². The third-order valence-corrected chi connectivity index (χ3v) is 9.90. The van der Waals surface area contributed by atoms with Crippen LogP contribution in [0.25, 0.3) is 0 Å². The zero-order chi connectivity index (χ0) is 15.2. The molecule has 0 aliphatic carbocycles. The van der Waals surface area contributed by atoms with Crippen LogP contribution in [0.4, 0.5) is 0 Å². The Morgan fingerprint density at radius 1 is 1.35 bits per heavy atom. The number of hydrogen-bond acceptors (Lipinski definition) is 4. The van der Waals surface area contributed by atoms with Crippen molar-refractivity contribution in [1.82, 2.24) is 0 Å². The summed E-state index contributed by atoms with van der Waals surface area (Å²) in [6, 6.07) is 0. The topological polar surface area (TPSA) is 47.9 Å². The smallest absolute Gasteiger partial charge is 0.192 e. The maximum atomic E-state index is 9.33. The van der Waals surface area contributed by atoms with Crippen molar-refractivity contribution in [2.45, 2.75) is 77.2 Å². The minimum Gasteiger partial charge on any atom is -0.409 e. The molecular formula is C15H30O4Si. The molecule has 5 heteroatoms. The summed E-state index contributed by atoms with van der Waals surface area (Å²) in [4.78, 5) is 0. The first kappa shape index (κ1) is 16.4. The van der Waals surface area contributed by atoms with E-state index in [1.807, 2.05) is 0 Å². The monoisotopic (exact) mass is 302 g/mol. The van der Waals surface area contributed by atoms with Crippen LogP contribution in [0.15, 0.2) is 0 Å². The predicted octanol–water partition coefficient (Wildman–Crippen LogP) is 2.91. The molecule has 2 fully saturated rings. The quantitative estimate of drug-likeness (QED) is 0.811. The minimum atomic E-state index is -1.84. The number of aliphatic hydroxyl groups is 1. The Labute approximate surface area is 123 Å². The third-order valence-electron chi connectivity index (χ3n) is 5.39. The maximum absolute atomic E-state index is 9.33. The molecule has 2 bridgehead atoms. The van der Waals surface area contributed by atoms with Crippen LogP contribution in [-0.2, 0) is 13.9 Å². The average Bonchev–Trinajstić information content (AvgIpc) is 2.71. The lowest BCUT2D eigenvalue weighted by Gasteiger charge is -2.46. The Bertz CT molecular complexity index is 352. The van der Waals surface area contributed by atoms with Gasteiger partial charge in [-0.1, -0.05) is 27.7 Å². The molecule has 0 aromatic carbocycles. The molecule has 2 heterocycles. The van der Waals surface area contributed by atoms with Crippen LogP contribution in [0.5, 0.6) is 0 Å². The molecule has 2 aliphatic heterocycles. The molecule has 0 amide bonds. The number of aliphatic hydroxyl groups excluding tert-OH is 1. The highest BCUT2D eigenvalue weighted by molar-refractivity contribution is 6.74. The van der Waals surface area contributed by atoms with Crippen molar-refractivity contribution < 1.29 is 19.0 Å².